The zero-order chi connectivity index (χ0) is 29.0. The van der Waals surface area contributed by atoms with Crippen LogP contribution >= 0.6 is 0 Å². The fourth-order valence-electron chi connectivity index (χ4n) is 5.05. The highest BCUT2D eigenvalue weighted by molar-refractivity contribution is 5.70. The highest BCUT2D eigenvalue weighted by atomic mass is 16.5. The lowest BCUT2D eigenvalue weighted by molar-refractivity contribution is -0.136. The maximum atomic E-state index is 11.1. The van der Waals surface area contributed by atoms with E-state index in [9.17, 15) is 4.79 Å². The molecule has 4 aromatic carbocycles. The van der Waals surface area contributed by atoms with Gasteiger partial charge in [0.1, 0.15) is 17.2 Å². The number of benzene rings is 4. The van der Waals surface area contributed by atoms with Crippen LogP contribution in [0.4, 0.5) is 0 Å². The Bertz CT molecular complexity index is 1340. The lowest BCUT2D eigenvalue weighted by Crippen LogP contribution is -2.32. The first-order chi connectivity index (χ1) is 19.9. The van der Waals surface area contributed by atoms with Crippen molar-refractivity contribution < 1.29 is 24.1 Å². The molecule has 0 bridgehead atoms. The summed E-state index contributed by atoms with van der Waals surface area (Å²) in [6.07, 6.45) is 0.698. The number of carboxylic acids is 1. The van der Waals surface area contributed by atoms with Gasteiger partial charge in [-0.25, -0.2) is 0 Å². The van der Waals surface area contributed by atoms with Gasteiger partial charge in [0, 0.05) is 37.2 Å². The van der Waals surface area contributed by atoms with Crippen LogP contribution in [0.2, 0.25) is 0 Å². The van der Waals surface area contributed by atoms with E-state index in [4.69, 9.17) is 19.3 Å². The number of aliphatic carboxylic acids is 1. The molecule has 6 heteroatoms. The van der Waals surface area contributed by atoms with E-state index >= 15 is 0 Å². The van der Waals surface area contributed by atoms with Gasteiger partial charge in [0.25, 0.3) is 0 Å². The first-order valence-electron chi connectivity index (χ1n) is 14.0. The van der Waals surface area contributed by atoms with E-state index < -0.39 is 5.97 Å². The molecule has 0 aromatic heterocycles. The highest BCUT2D eigenvalue weighted by Gasteiger charge is 2.21. The predicted octanol–water partition coefficient (Wildman–Crippen LogP) is 6.82. The van der Waals surface area contributed by atoms with Gasteiger partial charge < -0.3 is 19.3 Å². The van der Waals surface area contributed by atoms with Crippen LogP contribution in [-0.2, 0) is 17.8 Å². The van der Waals surface area contributed by atoms with Gasteiger partial charge in [-0.05, 0) is 48.2 Å². The molecule has 0 amide bonds. The van der Waals surface area contributed by atoms with E-state index in [1.54, 1.807) is 14.2 Å². The lowest BCUT2D eigenvalue weighted by Gasteiger charge is -2.30. The average Bonchev–Trinajstić information content (AvgIpc) is 2.99. The Morgan fingerprint density at radius 1 is 0.805 bits per heavy atom. The monoisotopic (exact) mass is 553 g/mol. The minimum Gasteiger partial charge on any atom is -0.497 e. The molecular formula is C35H39NO5. The molecule has 4 rings (SSSR count). The van der Waals surface area contributed by atoms with Crippen LogP contribution < -0.4 is 14.2 Å². The molecule has 0 spiro atoms. The van der Waals surface area contributed by atoms with Gasteiger partial charge in [-0.15, -0.1) is 0 Å². The number of hydrogen-bond acceptors (Lipinski definition) is 5. The van der Waals surface area contributed by atoms with E-state index in [0.29, 0.717) is 12.3 Å². The predicted molar refractivity (Wildman–Crippen MR) is 162 cm³/mol. The van der Waals surface area contributed by atoms with Gasteiger partial charge in [-0.3, -0.25) is 9.69 Å². The van der Waals surface area contributed by atoms with Crippen molar-refractivity contribution >= 4 is 5.97 Å². The molecule has 0 aliphatic heterocycles. The Labute approximate surface area is 243 Å². The fraction of sp³-hybridized carbons (Fsp3) is 0.286. The smallest absolute Gasteiger partial charge is 0.307 e. The molecular weight excluding hydrogens is 514 g/mol. The van der Waals surface area contributed by atoms with Crippen LogP contribution in [0.5, 0.6) is 17.2 Å². The van der Waals surface area contributed by atoms with Crippen LogP contribution in [0.15, 0.2) is 103 Å². The van der Waals surface area contributed by atoms with Crippen molar-refractivity contribution in [2.24, 2.45) is 0 Å². The molecule has 0 unspecified atom stereocenters. The molecule has 0 heterocycles. The second-order valence-corrected chi connectivity index (χ2v) is 10.2. The normalized spacial score (nSPS) is 11.8. The number of carboxylic acid groups (broad SMARTS) is 1. The standard InChI is InChI=1S/C35H39NO5/c1-26(41-32-16-10-11-27(21-32)22-35(37)38)19-20-36(24-30-17-18-31(39-2)23-34(30)40-3)25-33(28-12-6-4-7-13-28)29-14-8-5-9-15-29/h4-18,21,23,26,33H,19-20,22,24-25H2,1-3H3,(H,37,38)/t26-/m1/s1. The summed E-state index contributed by atoms with van der Waals surface area (Å²) in [6, 6.07) is 34.6. The summed E-state index contributed by atoms with van der Waals surface area (Å²) in [5.41, 5.74) is 4.35. The first-order valence-corrected chi connectivity index (χ1v) is 14.0. The molecule has 0 aliphatic carbocycles. The molecule has 1 atom stereocenters. The summed E-state index contributed by atoms with van der Waals surface area (Å²) >= 11 is 0. The Morgan fingerprint density at radius 2 is 1.49 bits per heavy atom. The topological polar surface area (TPSA) is 68.2 Å². The van der Waals surface area contributed by atoms with Crippen LogP contribution in [0.1, 0.15) is 41.5 Å². The molecule has 4 aromatic rings. The largest absolute Gasteiger partial charge is 0.497 e. The average molecular weight is 554 g/mol. The van der Waals surface area contributed by atoms with Gasteiger partial charge in [-0.2, -0.15) is 0 Å². The van der Waals surface area contributed by atoms with Crippen LogP contribution in [0.3, 0.4) is 0 Å². The van der Waals surface area contributed by atoms with Gasteiger partial charge in [0.05, 0.1) is 26.7 Å². The minimum atomic E-state index is -0.855. The van der Waals surface area contributed by atoms with Crippen LogP contribution in [0.25, 0.3) is 0 Å². The van der Waals surface area contributed by atoms with Crippen molar-refractivity contribution in [3.63, 3.8) is 0 Å². The Kier molecular flexibility index (Phi) is 10.8. The van der Waals surface area contributed by atoms with E-state index in [2.05, 4.69) is 78.6 Å². The third-order valence-corrected chi connectivity index (χ3v) is 7.18. The van der Waals surface area contributed by atoms with E-state index in [1.165, 1.54) is 11.1 Å². The molecule has 0 fully saturated rings. The van der Waals surface area contributed by atoms with Crippen molar-refractivity contribution in [2.75, 3.05) is 27.3 Å². The summed E-state index contributed by atoms with van der Waals surface area (Å²) in [4.78, 5) is 13.6. The molecule has 214 valence electrons. The number of carbonyl (C=O) groups is 1. The van der Waals surface area contributed by atoms with E-state index in [0.717, 1.165) is 42.1 Å². The molecule has 6 nitrogen and oxygen atoms in total. The zero-order valence-electron chi connectivity index (χ0n) is 24.0. The zero-order valence-corrected chi connectivity index (χ0v) is 24.0. The molecule has 41 heavy (non-hydrogen) atoms. The Balaban J connectivity index is 1.55. The minimum absolute atomic E-state index is 0.0244. The molecule has 0 saturated heterocycles. The third kappa shape index (κ3) is 8.85. The Hall–Kier alpha value is -4.29. The number of hydrogen-bond donors (Lipinski definition) is 1. The number of rotatable bonds is 15. The SMILES string of the molecule is COc1ccc(CN(CC[C@@H](C)Oc2cccc(CC(=O)O)c2)CC(c2ccccc2)c2ccccc2)c(OC)c1. The second kappa shape index (κ2) is 14.9. The lowest BCUT2D eigenvalue weighted by atomic mass is 9.90. The van der Waals surface area contributed by atoms with Crippen molar-refractivity contribution in [1.82, 2.24) is 4.90 Å². The highest BCUT2D eigenvalue weighted by Crippen LogP contribution is 2.30. The van der Waals surface area contributed by atoms with Crippen molar-refractivity contribution in [1.29, 1.82) is 0 Å². The molecule has 1 N–H and O–H groups in total. The maximum absolute atomic E-state index is 11.1. The van der Waals surface area contributed by atoms with Crippen molar-refractivity contribution in [3.05, 3.63) is 125 Å². The van der Waals surface area contributed by atoms with Gasteiger partial charge in [-0.1, -0.05) is 78.9 Å². The van der Waals surface area contributed by atoms with Crippen LogP contribution in [0, 0.1) is 0 Å². The third-order valence-electron chi connectivity index (χ3n) is 7.18. The number of nitrogens with zero attached hydrogens (tertiary/aromatic N) is 1. The fourth-order valence-corrected chi connectivity index (χ4v) is 5.05. The van der Waals surface area contributed by atoms with Crippen LogP contribution in [-0.4, -0.2) is 49.4 Å². The number of ether oxygens (including phenoxy) is 3. The van der Waals surface area contributed by atoms with E-state index in [-0.39, 0.29) is 18.4 Å². The summed E-state index contributed by atoms with van der Waals surface area (Å²) in [6.45, 7) is 4.36. The van der Waals surface area contributed by atoms with Gasteiger partial charge >= 0.3 is 5.97 Å². The first kappa shape index (κ1) is 29.7. The van der Waals surface area contributed by atoms with Gasteiger partial charge in [0.2, 0.25) is 0 Å². The molecule has 0 radical (unpaired) electrons. The Morgan fingerprint density at radius 3 is 2.10 bits per heavy atom. The maximum Gasteiger partial charge on any atom is 0.307 e. The summed E-state index contributed by atoms with van der Waals surface area (Å²) in [7, 11) is 3.34. The quantitative estimate of drug-likeness (QED) is 0.174. The van der Waals surface area contributed by atoms with Gasteiger partial charge in [0.15, 0.2) is 0 Å². The van der Waals surface area contributed by atoms with Crippen molar-refractivity contribution in [2.45, 2.75) is 38.3 Å². The summed E-state index contributed by atoms with van der Waals surface area (Å²) < 4.78 is 17.4. The molecule has 0 aliphatic rings. The molecule has 0 saturated carbocycles. The summed E-state index contributed by atoms with van der Waals surface area (Å²) in [5.74, 6) is 1.57. The summed E-state index contributed by atoms with van der Waals surface area (Å²) in [5, 5.41) is 9.15. The van der Waals surface area contributed by atoms with E-state index in [1.807, 2.05) is 36.4 Å². The van der Waals surface area contributed by atoms with Crippen molar-refractivity contribution in [3.8, 4) is 17.2 Å². The number of methoxy groups -OCH3 is 2. The second-order valence-electron chi connectivity index (χ2n) is 10.2.